The molecular weight excluding hydrogens is 332 g/mol. The van der Waals surface area contributed by atoms with E-state index in [-0.39, 0.29) is 17.3 Å². The number of hydrogen-bond acceptors (Lipinski definition) is 6. The van der Waals surface area contributed by atoms with Crippen LogP contribution in [0.25, 0.3) is 0 Å². The molecule has 0 radical (unpaired) electrons. The van der Waals surface area contributed by atoms with Gasteiger partial charge in [-0.05, 0) is 18.2 Å². The van der Waals surface area contributed by atoms with Crippen molar-refractivity contribution in [2.45, 2.75) is 4.90 Å². The number of anilines is 1. The lowest BCUT2D eigenvalue weighted by atomic mass is 10.1. The SMILES string of the molecule is O=C1c2ccccc2C(=O)N1CC1=NS(=O)(=O)c2cnccc2N1. The largest absolute Gasteiger partial charge is 0.340 e. The van der Waals surface area contributed by atoms with Gasteiger partial charge in [0.25, 0.3) is 21.8 Å². The summed E-state index contributed by atoms with van der Waals surface area (Å²) in [5, 5.41) is 2.83. The van der Waals surface area contributed by atoms with E-state index in [9.17, 15) is 18.0 Å². The van der Waals surface area contributed by atoms with Crippen LogP contribution in [0.5, 0.6) is 0 Å². The van der Waals surface area contributed by atoms with Crippen LogP contribution in [0, 0.1) is 0 Å². The predicted octanol–water partition coefficient (Wildman–Crippen LogP) is 0.891. The number of hydrogen-bond donors (Lipinski definition) is 1. The topological polar surface area (TPSA) is 109 Å². The van der Waals surface area contributed by atoms with Crippen molar-refractivity contribution in [3.8, 4) is 0 Å². The number of sulfonamides is 1. The minimum Gasteiger partial charge on any atom is -0.340 e. The van der Waals surface area contributed by atoms with Gasteiger partial charge in [-0.25, -0.2) is 0 Å². The van der Waals surface area contributed by atoms with E-state index in [4.69, 9.17) is 0 Å². The standard InChI is InChI=1S/C15H10N4O4S/c20-14-9-3-1-2-4-10(9)15(21)19(14)8-13-17-11-5-6-16-7-12(11)24(22,23)18-13/h1-7H,8H2,(H,17,18). The average Bonchev–Trinajstić information content (AvgIpc) is 2.80. The van der Waals surface area contributed by atoms with Crippen molar-refractivity contribution in [1.29, 1.82) is 0 Å². The summed E-state index contributed by atoms with van der Waals surface area (Å²) in [6, 6.07) is 7.94. The third-order valence-electron chi connectivity index (χ3n) is 3.76. The Labute approximate surface area is 136 Å². The van der Waals surface area contributed by atoms with Gasteiger partial charge in [-0.1, -0.05) is 12.1 Å². The molecular formula is C15H10N4O4S. The number of carbonyl (C=O) groups is 2. The smallest absolute Gasteiger partial charge is 0.287 e. The quantitative estimate of drug-likeness (QED) is 0.812. The summed E-state index contributed by atoms with van der Waals surface area (Å²) in [5.41, 5.74) is 0.907. The summed E-state index contributed by atoms with van der Waals surface area (Å²) in [6.45, 7) is -0.257. The van der Waals surface area contributed by atoms with Crippen LogP contribution in [0.2, 0.25) is 0 Å². The Morgan fingerprint density at radius 2 is 1.71 bits per heavy atom. The zero-order valence-corrected chi connectivity index (χ0v) is 12.9. The van der Waals surface area contributed by atoms with Crippen LogP contribution < -0.4 is 5.32 Å². The van der Waals surface area contributed by atoms with Gasteiger partial charge in [-0.15, -0.1) is 4.40 Å². The minimum atomic E-state index is -3.92. The van der Waals surface area contributed by atoms with Gasteiger partial charge in [0.05, 0.1) is 23.4 Å². The number of fused-ring (bicyclic) bond motifs is 2. The number of nitrogens with zero attached hydrogens (tertiary/aromatic N) is 3. The molecule has 0 fully saturated rings. The molecule has 4 rings (SSSR count). The Kier molecular flexibility index (Phi) is 3.00. The normalized spacial score (nSPS) is 17.8. The first-order valence-corrected chi connectivity index (χ1v) is 8.41. The maximum atomic E-state index is 12.4. The lowest BCUT2D eigenvalue weighted by Crippen LogP contribution is -2.39. The lowest BCUT2D eigenvalue weighted by molar-refractivity contribution is 0.0677. The fourth-order valence-corrected chi connectivity index (χ4v) is 3.75. The monoisotopic (exact) mass is 342 g/mol. The molecule has 120 valence electrons. The molecule has 2 aromatic rings. The molecule has 24 heavy (non-hydrogen) atoms. The van der Waals surface area contributed by atoms with Gasteiger partial charge in [-0.3, -0.25) is 19.5 Å². The Hall–Kier alpha value is -3.07. The fraction of sp³-hybridized carbons (Fsp3) is 0.0667. The molecule has 2 aliphatic rings. The summed E-state index contributed by atoms with van der Waals surface area (Å²) in [6.07, 6.45) is 2.63. The van der Waals surface area contributed by atoms with Gasteiger partial charge in [0.1, 0.15) is 10.7 Å². The maximum Gasteiger partial charge on any atom is 0.287 e. The number of carbonyl (C=O) groups excluding carboxylic acids is 2. The van der Waals surface area contributed by atoms with Crippen LogP contribution in [-0.4, -0.2) is 42.5 Å². The zero-order valence-electron chi connectivity index (χ0n) is 12.1. The third kappa shape index (κ3) is 2.09. The van der Waals surface area contributed by atoms with Gasteiger partial charge in [0.15, 0.2) is 0 Å². The number of pyridine rings is 1. The molecule has 1 aromatic carbocycles. The van der Waals surface area contributed by atoms with Crippen molar-refractivity contribution in [1.82, 2.24) is 9.88 Å². The number of nitrogens with one attached hydrogen (secondary N) is 1. The molecule has 8 nitrogen and oxygen atoms in total. The van der Waals surface area contributed by atoms with Crippen molar-refractivity contribution in [2.75, 3.05) is 11.9 Å². The van der Waals surface area contributed by atoms with Crippen LogP contribution in [0.15, 0.2) is 52.0 Å². The minimum absolute atomic E-state index is 0.00297. The molecule has 9 heteroatoms. The summed E-state index contributed by atoms with van der Waals surface area (Å²) < 4.78 is 28.0. The Morgan fingerprint density at radius 3 is 2.38 bits per heavy atom. The van der Waals surface area contributed by atoms with E-state index in [0.717, 1.165) is 4.90 Å². The zero-order chi connectivity index (χ0) is 16.9. The van der Waals surface area contributed by atoms with Gasteiger partial charge >= 0.3 is 0 Å². The number of aromatic nitrogens is 1. The highest BCUT2D eigenvalue weighted by Crippen LogP contribution is 2.27. The van der Waals surface area contributed by atoms with E-state index in [2.05, 4.69) is 14.7 Å². The van der Waals surface area contributed by atoms with Gasteiger partial charge in [0, 0.05) is 12.4 Å². The Balaban J connectivity index is 1.68. The van der Waals surface area contributed by atoms with Crippen LogP contribution in [0.1, 0.15) is 20.7 Å². The first kappa shape index (κ1) is 14.5. The summed E-state index contributed by atoms with van der Waals surface area (Å²) in [4.78, 5) is 29.4. The molecule has 0 spiro atoms. The summed E-state index contributed by atoms with van der Waals surface area (Å²) in [5.74, 6) is -0.945. The molecule has 0 unspecified atom stereocenters. The van der Waals surface area contributed by atoms with E-state index in [0.29, 0.717) is 16.8 Å². The molecule has 0 bridgehead atoms. The first-order valence-electron chi connectivity index (χ1n) is 6.97. The molecule has 0 atom stereocenters. The highest BCUT2D eigenvalue weighted by molar-refractivity contribution is 7.90. The molecule has 0 saturated heterocycles. The van der Waals surface area contributed by atoms with Crippen molar-refractivity contribution in [3.63, 3.8) is 0 Å². The molecule has 1 N–H and O–H groups in total. The summed E-state index contributed by atoms with van der Waals surface area (Å²) in [7, 11) is -3.92. The molecule has 0 saturated carbocycles. The molecule has 3 heterocycles. The number of rotatable bonds is 2. The van der Waals surface area contributed by atoms with Gasteiger partial charge in [-0.2, -0.15) is 8.42 Å². The average molecular weight is 342 g/mol. The number of benzene rings is 1. The maximum absolute atomic E-state index is 12.4. The molecule has 2 aliphatic heterocycles. The Bertz CT molecular complexity index is 994. The van der Waals surface area contributed by atoms with Crippen molar-refractivity contribution >= 4 is 33.4 Å². The van der Waals surface area contributed by atoms with Crippen LogP contribution in [-0.2, 0) is 10.0 Å². The molecule has 0 aliphatic carbocycles. The lowest BCUT2D eigenvalue weighted by Gasteiger charge is -2.21. The third-order valence-corrected chi connectivity index (χ3v) is 5.10. The van der Waals surface area contributed by atoms with E-state index in [1.54, 1.807) is 24.3 Å². The van der Waals surface area contributed by atoms with E-state index in [1.807, 2.05) is 0 Å². The fourth-order valence-electron chi connectivity index (χ4n) is 2.66. The van der Waals surface area contributed by atoms with Crippen LogP contribution in [0.4, 0.5) is 5.69 Å². The molecule has 2 amide bonds. The first-order chi connectivity index (χ1) is 11.5. The van der Waals surface area contributed by atoms with E-state index in [1.165, 1.54) is 18.5 Å². The van der Waals surface area contributed by atoms with Crippen molar-refractivity contribution in [3.05, 3.63) is 53.9 Å². The van der Waals surface area contributed by atoms with Crippen molar-refractivity contribution < 1.29 is 18.0 Å². The Morgan fingerprint density at radius 1 is 1.04 bits per heavy atom. The van der Waals surface area contributed by atoms with E-state index >= 15 is 0 Å². The van der Waals surface area contributed by atoms with Gasteiger partial charge in [0.2, 0.25) is 0 Å². The second-order valence-electron chi connectivity index (χ2n) is 5.25. The van der Waals surface area contributed by atoms with Gasteiger partial charge < -0.3 is 5.32 Å². The number of amidine groups is 1. The highest BCUT2D eigenvalue weighted by atomic mass is 32.2. The second kappa shape index (κ2) is 4.96. The van der Waals surface area contributed by atoms with E-state index < -0.39 is 21.8 Å². The highest BCUT2D eigenvalue weighted by Gasteiger charge is 2.37. The van der Waals surface area contributed by atoms with Crippen LogP contribution in [0.3, 0.4) is 0 Å². The number of amides is 2. The molecule has 1 aromatic heterocycles. The summed E-state index contributed by atoms with van der Waals surface area (Å²) >= 11 is 0. The second-order valence-corrected chi connectivity index (χ2v) is 6.82. The predicted molar refractivity (Wildman–Crippen MR) is 84.3 cm³/mol. The van der Waals surface area contributed by atoms with Crippen LogP contribution >= 0.6 is 0 Å². The van der Waals surface area contributed by atoms with Crippen molar-refractivity contribution in [2.24, 2.45) is 4.40 Å². The number of imide groups is 1.